The molecule has 4 rings (SSSR count). The second-order valence-electron chi connectivity index (χ2n) is 7.08. The number of carbonyl (C=O) groups excluding carboxylic acids is 1. The van der Waals surface area contributed by atoms with Gasteiger partial charge in [-0.05, 0) is 30.7 Å². The monoisotopic (exact) mass is 431 g/mol. The number of amides is 1. The number of anilines is 1. The van der Waals surface area contributed by atoms with Crippen LogP contribution in [0.1, 0.15) is 20.8 Å². The number of hydrazine groups is 1. The highest BCUT2D eigenvalue weighted by Gasteiger charge is 2.28. The van der Waals surface area contributed by atoms with Gasteiger partial charge in [0.2, 0.25) is 5.91 Å². The zero-order chi connectivity index (χ0) is 21.7. The molecule has 1 unspecified atom stereocenters. The van der Waals surface area contributed by atoms with Gasteiger partial charge in [-0.3, -0.25) is 9.79 Å². The molecule has 0 saturated carbocycles. The summed E-state index contributed by atoms with van der Waals surface area (Å²) in [7, 11) is 1.61. The van der Waals surface area contributed by atoms with E-state index < -0.39 is 0 Å². The maximum Gasteiger partial charge on any atom is 0.243 e. The Bertz CT molecular complexity index is 859. The van der Waals surface area contributed by atoms with Crippen LogP contribution in [-0.4, -0.2) is 68.0 Å². The Morgan fingerprint density at radius 2 is 2.00 bits per heavy atom. The number of aliphatic imine (C=N–C) groups is 1. The molecule has 8 heteroatoms. The van der Waals surface area contributed by atoms with Crippen molar-refractivity contribution in [3.8, 4) is 5.75 Å². The number of nitrogens with zero attached hydrogens (tertiary/aromatic N) is 4. The fourth-order valence-electron chi connectivity index (χ4n) is 3.67. The summed E-state index contributed by atoms with van der Waals surface area (Å²) in [4.78, 5) is 21.3. The summed E-state index contributed by atoms with van der Waals surface area (Å²) in [5, 5.41) is 2.45. The van der Waals surface area contributed by atoms with E-state index in [0.717, 1.165) is 24.4 Å². The molecule has 1 amide bonds. The molecule has 1 saturated heterocycles. The van der Waals surface area contributed by atoms with Gasteiger partial charge in [-0.15, -0.1) is 0 Å². The molecule has 1 fully saturated rings. The summed E-state index contributed by atoms with van der Waals surface area (Å²) in [5.41, 5.74) is 6.62. The van der Waals surface area contributed by atoms with Gasteiger partial charge >= 0.3 is 0 Å². The van der Waals surface area contributed by atoms with Crippen LogP contribution in [0, 0.1) is 0 Å². The Labute approximate surface area is 183 Å². The van der Waals surface area contributed by atoms with E-state index in [9.17, 15) is 4.79 Å². The number of benzene rings is 1. The van der Waals surface area contributed by atoms with Crippen molar-refractivity contribution in [3.63, 3.8) is 0 Å². The average Bonchev–Trinajstić information content (AvgIpc) is 3.19. The summed E-state index contributed by atoms with van der Waals surface area (Å²) in [6.45, 7) is 9.29. The third kappa shape index (κ3) is 4.79. The van der Waals surface area contributed by atoms with Gasteiger partial charge in [-0.1, -0.05) is 25.4 Å². The van der Waals surface area contributed by atoms with Crippen LogP contribution in [0.3, 0.4) is 0 Å². The highest BCUT2D eigenvalue weighted by Crippen LogP contribution is 2.30. The zero-order valence-electron chi connectivity index (χ0n) is 18.1. The van der Waals surface area contributed by atoms with Crippen LogP contribution < -0.4 is 15.1 Å². The lowest BCUT2D eigenvalue weighted by molar-refractivity contribution is -0.132. The van der Waals surface area contributed by atoms with E-state index >= 15 is 0 Å². The van der Waals surface area contributed by atoms with Gasteiger partial charge in [0.05, 0.1) is 12.1 Å². The Morgan fingerprint density at radius 3 is 2.67 bits per heavy atom. The number of carbonyl (C=O) groups is 1. The highest BCUT2D eigenvalue weighted by molar-refractivity contribution is 6.32. The van der Waals surface area contributed by atoms with Crippen molar-refractivity contribution >= 4 is 29.4 Å². The Hall–Kier alpha value is -2.51. The molecule has 0 aromatic heterocycles. The molecule has 30 heavy (non-hydrogen) atoms. The SMILES string of the molecule is CC.COc1cc(N2CCN(C(=O)CN3C=C4C(C)=CC=NC4N3)CC2)ccc1Cl. The number of dihydropyridines is 1. The molecule has 3 aliphatic rings. The van der Waals surface area contributed by atoms with E-state index in [-0.39, 0.29) is 12.1 Å². The topological polar surface area (TPSA) is 60.4 Å². The minimum Gasteiger partial charge on any atom is -0.495 e. The van der Waals surface area contributed by atoms with E-state index in [4.69, 9.17) is 16.3 Å². The maximum absolute atomic E-state index is 12.7. The van der Waals surface area contributed by atoms with E-state index in [1.165, 1.54) is 5.57 Å². The molecule has 0 bridgehead atoms. The van der Waals surface area contributed by atoms with Gasteiger partial charge in [-0.2, -0.15) is 0 Å². The predicted molar refractivity (Wildman–Crippen MR) is 122 cm³/mol. The number of rotatable bonds is 4. The second-order valence-corrected chi connectivity index (χ2v) is 7.49. The maximum atomic E-state index is 12.7. The number of nitrogens with one attached hydrogen (secondary N) is 1. The normalized spacial score (nSPS) is 20.2. The van der Waals surface area contributed by atoms with Crippen LogP contribution in [0.2, 0.25) is 5.02 Å². The van der Waals surface area contributed by atoms with Gasteiger partial charge in [0.1, 0.15) is 18.5 Å². The van der Waals surface area contributed by atoms with Crippen LogP contribution in [0.25, 0.3) is 0 Å². The molecule has 3 aliphatic heterocycles. The van der Waals surface area contributed by atoms with Crippen LogP contribution in [-0.2, 0) is 4.79 Å². The van der Waals surface area contributed by atoms with Gasteiger partial charge < -0.3 is 19.5 Å². The Morgan fingerprint density at radius 1 is 1.27 bits per heavy atom. The summed E-state index contributed by atoms with van der Waals surface area (Å²) >= 11 is 6.11. The zero-order valence-corrected chi connectivity index (χ0v) is 18.8. The van der Waals surface area contributed by atoms with Crippen LogP contribution in [0.15, 0.2) is 46.6 Å². The summed E-state index contributed by atoms with van der Waals surface area (Å²) in [6, 6.07) is 5.77. The van der Waals surface area contributed by atoms with E-state index in [0.29, 0.717) is 30.4 Å². The molecule has 162 valence electrons. The number of piperazine rings is 1. The largest absolute Gasteiger partial charge is 0.495 e. The minimum atomic E-state index is -0.0745. The summed E-state index contributed by atoms with van der Waals surface area (Å²) in [6.07, 6.45) is 5.71. The first-order valence-corrected chi connectivity index (χ1v) is 10.7. The number of ether oxygens (including phenoxy) is 1. The van der Waals surface area contributed by atoms with Crippen molar-refractivity contribution < 1.29 is 9.53 Å². The molecule has 1 atom stereocenters. The molecule has 0 radical (unpaired) electrons. The summed E-state index contributed by atoms with van der Waals surface area (Å²) in [5.74, 6) is 0.779. The lowest BCUT2D eigenvalue weighted by Crippen LogP contribution is -2.52. The molecule has 1 aromatic carbocycles. The number of halogens is 1. The van der Waals surface area contributed by atoms with Crippen LogP contribution in [0.4, 0.5) is 5.69 Å². The van der Waals surface area contributed by atoms with Crippen molar-refractivity contribution in [2.45, 2.75) is 26.9 Å². The molecule has 0 aliphatic carbocycles. The van der Waals surface area contributed by atoms with Crippen LogP contribution >= 0.6 is 11.6 Å². The average molecular weight is 432 g/mol. The highest BCUT2D eigenvalue weighted by atomic mass is 35.5. The lowest BCUT2D eigenvalue weighted by atomic mass is 10.1. The molecule has 1 N–H and O–H groups in total. The van der Waals surface area contributed by atoms with E-state index in [1.807, 2.05) is 54.2 Å². The molecule has 1 aromatic rings. The quantitative estimate of drug-likeness (QED) is 0.793. The van der Waals surface area contributed by atoms with Gasteiger partial charge in [0.25, 0.3) is 0 Å². The Balaban J connectivity index is 0.00000124. The van der Waals surface area contributed by atoms with E-state index in [1.54, 1.807) is 13.3 Å². The van der Waals surface area contributed by atoms with Gasteiger partial charge in [0, 0.05) is 55.9 Å². The van der Waals surface area contributed by atoms with Crippen molar-refractivity contribution in [1.82, 2.24) is 15.3 Å². The number of hydrogen-bond donors (Lipinski definition) is 1. The molecule has 3 heterocycles. The van der Waals surface area contributed by atoms with Crippen LogP contribution in [0.5, 0.6) is 5.75 Å². The first-order chi connectivity index (χ1) is 14.5. The third-order valence-electron chi connectivity index (χ3n) is 5.33. The molecular formula is C22H30ClN5O2. The second kappa shape index (κ2) is 10.00. The van der Waals surface area contributed by atoms with Crippen molar-refractivity contribution in [2.24, 2.45) is 4.99 Å². The molecular weight excluding hydrogens is 402 g/mol. The van der Waals surface area contributed by atoms with Crippen molar-refractivity contribution in [1.29, 1.82) is 0 Å². The fourth-order valence-corrected chi connectivity index (χ4v) is 3.86. The fraction of sp³-hybridized carbons (Fsp3) is 0.455. The first-order valence-electron chi connectivity index (χ1n) is 10.4. The predicted octanol–water partition coefficient (Wildman–Crippen LogP) is 3.08. The number of hydrogen-bond acceptors (Lipinski definition) is 6. The van der Waals surface area contributed by atoms with E-state index in [2.05, 4.69) is 22.2 Å². The van der Waals surface area contributed by atoms with Gasteiger partial charge in [-0.25, -0.2) is 5.43 Å². The third-order valence-corrected chi connectivity index (χ3v) is 5.64. The number of allylic oxidation sites excluding steroid dienone is 1. The molecule has 0 spiro atoms. The first kappa shape index (κ1) is 22.2. The minimum absolute atomic E-state index is 0.0745. The van der Waals surface area contributed by atoms with Crippen molar-refractivity contribution in [2.75, 3.05) is 44.7 Å². The number of fused-ring (bicyclic) bond motifs is 1. The smallest absolute Gasteiger partial charge is 0.243 e. The molecule has 7 nitrogen and oxygen atoms in total. The Kier molecular flexibility index (Phi) is 7.39. The lowest BCUT2D eigenvalue weighted by Gasteiger charge is -2.36. The van der Waals surface area contributed by atoms with Crippen molar-refractivity contribution in [3.05, 3.63) is 46.6 Å². The number of methoxy groups -OCH3 is 1. The van der Waals surface area contributed by atoms with Gasteiger partial charge in [0.15, 0.2) is 0 Å². The summed E-state index contributed by atoms with van der Waals surface area (Å²) < 4.78 is 5.30. The standard InChI is InChI=1S/C20H24ClN5O2.C2H6/c1-14-5-6-22-20-16(14)12-26(23-20)13-19(27)25-9-7-24(8-10-25)15-3-4-17(21)18(11-15)28-2;1-2/h3-6,11-12,20,23H,7-10,13H2,1-2H3;1-2H3.